The fourth-order valence-electron chi connectivity index (χ4n) is 9.10. The van der Waals surface area contributed by atoms with E-state index in [-0.39, 0.29) is 6.10 Å². The summed E-state index contributed by atoms with van der Waals surface area (Å²) < 4.78 is 0. The Morgan fingerprint density at radius 2 is 1.70 bits per heavy atom. The third kappa shape index (κ3) is 3.30. The molecule has 0 saturated heterocycles. The van der Waals surface area contributed by atoms with Crippen molar-refractivity contribution >= 4 is 0 Å². The van der Waals surface area contributed by atoms with Crippen molar-refractivity contribution in [2.75, 3.05) is 0 Å². The molecule has 1 heterocycles. The standard InChI is InChI=1S/C25H40N4O/c1-16(4-9-23-28-26-15-27-29-23)20-7-8-21-19-6-5-17-14-18(30)10-12-24(17,2)22(19)11-13-25(20,21)3/h15-22,30H,4-14H2,1-3H3/t16?,17-,18-,19+,20-,21+,22+,24+,25-/m1/s1. The summed E-state index contributed by atoms with van der Waals surface area (Å²) in [5.74, 6) is 5.80. The molecular weight excluding hydrogens is 372 g/mol. The molecule has 0 aliphatic heterocycles. The van der Waals surface area contributed by atoms with Crippen molar-refractivity contribution in [1.82, 2.24) is 20.4 Å². The topological polar surface area (TPSA) is 71.8 Å². The maximum absolute atomic E-state index is 10.3. The third-order valence-corrected chi connectivity index (χ3v) is 10.7. The van der Waals surface area contributed by atoms with Crippen LogP contribution in [0.1, 0.15) is 90.8 Å². The smallest absolute Gasteiger partial charge is 0.173 e. The molecule has 0 spiro atoms. The van der Waals surface area contributed by atoms with Crippen LogP contribution in [0.15, 0.2) is 6.33 Å². The molecule has 1 unspecified atom stereocenters. The molecule has 4 fully saturated rings. The lowest BCUT2D eigenvalue weighted by molar-refractivity contribution is -0.129. The number of aliphatic hydroxyl groups excluding tert-OH is 1. The van der Waals surface area contributed by atoms with Crippen LogP contribution in [0.2, 0.25) is 0 Å². The van der Waals surface area contributed by atoms with Gasteiger partial charge in [0.1, 0.15) is 0 Å². The van der Waals surface area contributed by atoms with Crippen LogP contribution in [0.4, 0.5) is 0 Å². The van der Waals surface area contributed by atoms with Gasteiger partial charge in [-0.3, -0.25) is 0 Å². The van der Waals surface area contributed by atoms with Crippen LogP contribution < -0.4 is 0 Å². The highest BCUT2D eigenvalue weighted by Crippen LogP contribution is 2.68. The first kappa shape index (κ1) is 20.8. The van der Waals surface area contributed by atoms with Gasteiger partial charge in [-0.1, -0.05) is 20.8 Å². The Kier molecular flexibility index (Phi) is 5.40. The van der Waals surface area contributed by atoms with Crippen molar-refractivity contribution in [3.05, 3.63) is 12.2 Å². The van der Waals surface area contributed by atoms with E-state index in [1.807, 2.05) is 0 Å². The lowest BCUT2D eigenvalue weighted by Crippen LogP contribution is -2.54. The predicted octanol–water partition coefficient (Wildman–Crippen LogP) is 4.86. The first-order valence-corrected chi connectivity index (χ1v) is 12.6. The average Bonchev–Trinajstić information content (AvgIpc) is 3.10. The van der Waals surface area contributed by atoms with Gasteiger partial charge in [0.05, 0.1) is 6.10 Å². The molecule has 0 radical (unpaired) electrons. The van der Waals surface area contributed by atoms with Crippen molar-refractivity contribution in [1.29, 1.82) is 0 Å². The van der Waals surface area contributed by atoms with Gasteiger partial charge in [-0.2, -0.15) is 0 Å². The molecule has 0 bridgehead atoms. The van der Waals surface area contributed by atoms with Crippen molar-refractivity contribution < 1.29 is 5.11 Å². The van der Waals surface area contributed by atoms with Crippen LogP contribution >= 0.6 is 0 Å². The highest BCUT2D eigenvalue weighted by atomic mass is 16.3. The molecule has 5 heteroatoms. The molecule has 9 atom stereocenters. The van der Waals surface area contributed by atoms with E-state index >= 15 is 0 Å². The molecule has 1 aromatic rings. The predicted molar refractivity (Wildman–Crippen MR) is 116 cm³/mol. The second-order valence-electron chi connectivity index (χ2n) is 11.8. The molecular formula is C25H40N4O. The van der Waals surface area contributed by atoms with E-state index in [9.17, 15) is 5.11 Å². The molecule has 1 N–H and O–H groups in total. The first-order valence-electron chi connectivity index (χ1n) is 12.6. The molecule has 166 valence electrons. The number of aromatic nitrogens is 4. The van der Waals surface area contributed by atoms with Crippen molar-refractivity contribution in [3.63, 3.8) is 0 Å². The Bertz CT molecular complexity index is 744. The van der Waals surface area contributed by atoms with Gasteiger partial charge >= 0.3 is 0 Å². The van der Waals surface area contributed by atoms with E-state index in [1.54, 1.807) is 0 Å². The molecule has 1 aromatic heterocycles. The van der Waals surface area contributed by atoms with Crippen LogP contribution in [-0.2, 0) is 6.42 Å². The number of nitrogens with zero attached hydrogens (tertiary/aromatic N) is 4. The largest absolute Gasteiger partial charge is 0.393 e. The monoisotopic (exact) mass is 412 g/mol. The minimum atomic E-state index is -0.0378. The van der Waals surface area contributed by atoms with E-state index in [0.717, 1.165) is 61.1 Å². The van der Waals surface area contributed by atoms with E-state index in [2.05, 4.69) is 41.2 Å². The van der Waals surface area contributed by atoms with Gasteiger partial charge in [0, 0.05) is 6.42 Å². The summed E-state index contributed by atoms with van der Waals surface area (Å²) in [4.78, 5) is 0. The van der Waals surface area contributed by atoms with Gasteiger partial charge in [0.15, 0.2) is 12.2 Å². The second kappa shape index (κ2) is 7.79. The van der Waals surface area contributed by atoms with E-state index in [1.165, 1.54) is 51.3 Å². The Morgan fingerprint density at radius 1 is 0.967 bits per heavy atom. The first-order chi connectivity index (χ1) is 14.4. The zero-order valence-corrected chi connectivity index (χ0v) is 19.1. The zero-order valence-electron chi connectivity index (χ0n) is 19.1. The zero-order chi connectivity index (χ0) is 20.9. The summed E-state index contributed by atoms with van der Waals surface area (Å²) in [6.07, 6.45) is 15.2. The molecule has 5 nitrogen and oxygen atoms in total. The van der Waals surface area contributed by atoms with Crippen LogP contribution in [0.5, 0.6) is 0 Å². The Morgan fingerprint density at radius 3 is 2.50 bits per heavy atom. The van der Waals surface area contributed by atoms with Crippen LogP contribution in [0.3, 0.4) is 0 Å². The number of rotatable bonds is 4. The summed E-state index contributed by atoms with van der Waals surface area (Å²) in [5, 5.41) is 26.3. The van der Waals surface area contributed by atoms with Gasteiger partial charge in [-0.15, -0.1) is 20.4 Å². The lowest BCUT2D eigenvalue weighted by Gasteiger charge is -2.61. The number of aryl methyl sites for hydroxylation is 1. The maximum atomic E-state index is 10.3. The second-order valence-corrected chi connectivity index (χ2v) is 11.8. The Balaban J connectivity index is 1.29. The van der Waals surface area contributed by atoms with Crippen molar-refractivity contribution in [2.24, 2.45) is 46.3 Å². The van der Waals surface area contributed by atoms with Crippen molar-refractivity contribution in [3.8, 4) is 0 Å². The summed E-state index contributed by atoms with van der Waals surface area (Å²) in [5.41, 5.74) is 0.990. The average molecular weight is 413 g/mol. The van der Waals surface area contributed by atoms with Crippen molar-refractivity contribution in [2.45, 2.75) is 97.5 Å². The van der Waals surface area contributed by atoms with Crippen LogP contribution in [-0.4, -0.2) is 31.6 Å². The number of hydrogen-bond donors (Lipinski definition) is 1. The number of aliphatic hydroxyl groups is 1. The number of fused-ring (bicyclic) bond motifs is 5. The summed E-state index contributed by atoms with van der Waals surface area (Å²) in [7, 11) is 0. The van der Waals surface area contributed by atoms with Gasteiger partial charge in [-0.05, 0) is 111 Å². The highest BCUT2D eigenvalue weighted by Gasteiger charge is 2.60. The molecule has 30 heavy (non-hydrogen) atoms. The molecule has 4 aliphatic carbocycles. The quantitative estimate of drug-likeness (QED) is 0.765. The van der Waals surface area contributed by atoms with E-state index < -0.39 is 0 Å². The maximum Gasteiger partial charge on any atom is 0.173 e. The van der Waals surface area contributed by atoms with E-state index in [0.29, 0.717) is 16.7 Å². The van der Waals surface area contributed by atoms with Gasteiger partial charge < -0.3 is 5.11 Å². The summed E-state index contributed by atoms with van der Waals surface area (Å²) >= 11 is 0. The minimum Gasteiger partial charge on any atom is -0.393 e. The fraction of sp³-hybridized carbons (Fsp3) is 0.920. The molecule has 0 aromatic carbocycles. The van der Waals surface area contributed by atoms with E-state index in [4.69, 9.17) is 0 Å². The highest BCUT2D eigenvalue weighted by molar-refractivity contribution is 5.09. The fourth-order valence-corrected chi connectivity index (χ4v) is 9.10. The Labute approximate surface area is 181 Å². The number of hydrogen-bond acceptors (Lipinski definition) is 5. The SMILES string of the molecule is CC(CCc1nncnn1)[C@H]1CC[C@H]2[C@@H]3CC[C@@H]4C[C@H](O)CC[C@]4(C)[C@H]3CC[C@]12C. The molecule has 4 aliphatic rings. The lowest BCUT2D eigenvalue weighted by atomic mass is 9.44. The molecule has 4 saturated carbocycles. The normalized spacial score (nSPS) is 46.5. The van der Waals surface area contributed by atoms with Gasteiger partial charge in [-0.25, -0.2) is 0 Å². The minimum absolute atomic E-state index is 0.0378. The van der Waals surface area contributed by atoms with Gasteiger partial charge in [0.2, 0.25) is 0 Å². The molecule has 0 amide bonds. The van der Waals surface area contributed by atoms with Gasteiger partial charge in [0.25, 0.3) is 0 Å². The van der Waals surface area contributed by atoms with Crippen LogP contribution in [0.25, 0.3) is 0 Å². The van der Waals surface area contributed by atoms with Crippen LogP contribution in [0, 0.1) is 46.3 Å². The third-order valence-electron chi connectivity index (χ3n) is 10.7. The Hall–Kier alpha value is -1.10. The summed E-state index contributed by atoms with van der Waals surface area (Å²) in [6.45, 7) is 7.71. The summed E-state index contributed by atoms with van der Waals surface area (Å²) in [6, 6.07) is 0. The molecule has 5 rings (SSSR count).